The van der Waals surface area contributed by atoms with Gasteiger partial charge in [-0.05, 0) is 62.4 Å². The van der Waals surface area contributed by atoms with E-state index in [1.54, 1.807) is 44.2 Å². The first-order valence-electron chi connectivity index (χ1n) is 11.1. The molecule has 0 spiro atoms. The van der Waals surface area contributed by atoms with Crippen molar-refractivity contribution in [3.63, 3.8) is 0 Å². The van der Waals surface area contributed by atoms with Gasteiger partial charge in [-0.15, -0.1) is 0 Å². The van der Waals surface area contributed by atoms with E-state index in [0.29, 0.717) is 28.0 Å². The van der Waals surface area contributed by atoms with Crippen molar-refractivity contribution in [2.24, 2.45) is 4.99 Å². The maximum Gasteiger partial charge on any atom is 0.289 e. The molecule has 2 atom stereocenters. The van der Waals surface area contributed by atoms with Gasteiger partial charge in [0.1, 0.15) is 17.9 Å². The number of anilines is 3. The molecule has 0 amide bonds. The van der Waals surface area contributed by atoms with Crippen LogP contribution in [0.25, 0.3) is 10.9 Å². The van der Waals surface area contributed by atoms with Gasteiger partial charge >= 0.3 is 0 Å². The summed E-state index contributed by atoms with van der Waals surface area (Å²) >= 11 is 6.40. The van der Waals surface area contributed by atoms with E-state index in [1.165, 1.54) is 25.6 Å². The van der Waals surface area contributed by atoms with Crippen molar-refractivity contribution in [3.8, 4) is 11.5 Å². The third kappa shape index (κ3) is 5.99. The molecule has 0 bridgehead atoms. The van der Waals surface area contributed by atoms with Gasteiger partial charge in [0.2, 0.25) is 0 Å². The second-order valence-electron chi connectivity index (χ2n) is 8.00. The SMILES string of the molecule is CO/C(=N\[C@H](C)[C@@H](C)O)Nc1ccc2ncnc(Nc3ccc(Oc4ccccc4F)c(Cl)c3)c2c1. The van der Waals surface area contributed by atoms with Crippen LogP contribution >= 0.6 is 11.6 Å². The molecule has 8 nitrogen and oxygen atoms in total. The van der Waals surface area contributed by atoms with Gasteiger partial charge < -0.3 is 25.2 Å². The number of aliphatic hydroxyl groups is 1. The Morgan fingerprint density at radius 1 is 1.03 bits per heavy atom. The van der Waals surface area contributed by atoms with Gasteiger partial charge in [-0.1, -0.05) is 23.7 Å². The van der Waals surface area contributed by atoms with Crippen molar-refractivity contribution >= 4 is 45.7 Å². The molecule has 4 rings (SSSR count). The highest BCUT2D eigenvalue weighted by atomic mass is 35.5. The van der Waals surface area contributed by atoms with Crippen molar-refractivity contribution in [1.82, 2.24) is 9.97 Å². The molecule has 0 saturated heterocycles. The summed E-state index contributed by atoms with van der Waals surface area (Å²) in [4.78, 5) is 13.1. The van der Waals surface area contributed by atoms with Crippen LogP contribution in [-0.2, 0) is 4.74 Å². The summed E-state index contributed by atoms with van der Waals surface area (Å²) in [5, 5.41) is 17.1. The van der Waals surface area contributed by atoms with Crippen LogP contribution in [0.5, 0.6) is 11.5 Å². The molecule has 36 heavy (non-hydrogen) atoms. The van der Waals surface area contributed by atoms with E-state index >= 15 is 0 Å². The van der Waals surface area contributed by atoms with Crippen molar-refractivity contribution in [1.29, 1.82) is 0 Å². The summed E-state index contributed by atoms with van der Waals surface area (Å²) in [6.45, 7) is 3.46. The highest BCUT2D eigenvalue weighted by Gasteiger charge is 2.12. The number of rotatable bonds is 7. The number of aliphatic hydroxyl groups excluding tert-OH is 1. The van der Waals surface area contributed by atoms with Gasteiger partial charge in [-0.25, -0.2) is 19.4 Å². The Labute approximate surface area is 212 Å². The maximum atomic E-state index is 13.9. The highest BCUT2D eigenvalue weighted by Crippen LogP contribution is 2.34. The summed E-state index contributed by atoms with van der Waals surface area (Å²) in [5.41, 5.74) is 2.08. The number of ether oxygens (including phenoxy) is 2. The number of hydrogen-bond donors (Lipinski definition) is 3. The van der Waals surface area contributed by atoms with Gasteiger partial charge in [0.05, 0.1) is 29.8 Å². The minimum absolute atomic E-state index is 0.0868. The van der Waals surface area contributed by atoms with Gasteiger partial charge in [0.15, 0.2) is 11.6 Å². The third-order valence-electron chi connectivity index (χ3n) is 5.35. The van der Waals surface area contributed by atoms with Crippen molar-refractivity contribution in [3.05, 3.63) is 77.8 Å². The van der Waals surface area contributed by atoms with Gasteiger partial charge in [0, 0.05) is 16.8 Å². The number of para-hydroxylation sites is 1. The Hall–Kier alpha value is -3.95. The first kappa shape index (κ1) is 25.2. The summed E-state index contributed by atoms with van der Waals surface area (Å²) in [5.74, 6) is 0.485. The number of fused-ring (bicyclic) bond motifs is 1. The molecule has 3 N–H and O–H groups in total. The lowest BCUT2D eigenvalue weighted by molar-refractivity contribution is 0.170. The fraction of sp³-hybridized carbons (Fsp3) is 0.192. The molecule has 0 aliphatic rings. The second kappa shape index (κ2) is 11.2. The predicted octanol–water partition coefficient (Wildman–Crippen LogP) is 6.14. The number of halogens is 2. The molecule has 1 aromatic heterocycles. The number of nitrogens with zero attached hydrogens (tertiary/aromatic N) is 3. The average Bonchev–Trinajstić information content (AvgIpc) is 2.86. The van der Waals surface area contributed by atoms with Crippen LogP contribution in [-0.4, -0.2) is 40.4 Å². The van der Waals surface area contributed by atoms with Crippen LogP contribution in [0.3, 0.4) is 0 Å². The number of hydrogen-bond acceptors (Lipinski definition) is 7. The van der Waals surface area contributed by atoms with E-state index in [1.807, 2.05) is 18.2 Å². The van der Waals surface area contributed by atoms with E-state index in [4.69, 9.17) is 21.1 Å². The quantitative estimate of drug-likeness (QED) is 0.203. The van der Waals surface area contributed by atoms with Crippen LogP contribution < -0.4 is 15.4 Å². The molecule has 0 aliphatic carbocycles. The van der Waals surface area contributed by atoms with Crippen LogP contribution in [0.1, 0.15) is 13.8 Å². The molecule has 0 fully saturated rings. The molecule has 0 radical (unpaired) electrons. The predicted molar refractivity (Wildman–Crippen MR) is 140 cm³/mol. The smallest absolute Gasteiger partial charge is 0.289 e. The van der Waals surface area contributed by atoms with Crippen LogP contribution in [0.15, 0.2) is 72.0 Å². The van der Waals surface area contributed by atoms with Crippen LogP contribution in [0.4, 0.5) is 21.6 Å². The Morgan fingerprint density at radius 2 is 1.81 bits per heavy atom. The Bertz CT molecular complexity index is 1400. The second-order valence-corrected chi connectivity index (χ2v) is 8.41. The molecule has 3 aromatic carbocycles. The number of amidine groups is 1. The van der Waals surface area contributed by atoms with E-state index in [2.05, 4.69) is 25.6 Å². The average molecular weight is 510 g/mol. The lowest BCUT2D eigenvalue weighted by Crippen LogP contribution is -2.23. The van der Waals surface area contributed by atoms with Crippen molar-refractivity contribution in [2.75, 3.05) is 17.7 Å². The molecule has 1 heterocycles. The topological polar surface area (TPSA) is 101 Å². The fourth-order valence-electron chi connectivity index (χ4n) is 3.23. The molecule has 0 aliphatic heterocycles. The zero-order valence-electron chi connectivity index (χ0n) is 19.9. The standard InChI is InChI=1S/C26H25ClFN5O3/c1-15(16(2)34)31-26(35-3)33-17-8-10-22-19(12-17)25(30-14-29-22)32-18-9-11-23(20(27)13-18)36-24-7-5-4-6-21(24)28/h4-16,34H,1-3H3,(H,31,33)(H,29,30,32)/t15-,16-/m1/s1. The number of benzene rings is 3. The lowest BCUT2D eigenvalue weighted by Gasteiger charge is -2.15. The van der Waals surface area contributed by atoms with E-state index in [-0.39, 0.29) is 17.8 Å². The normalized spacial score (nSPS) is 13.2. The largest absolute Gasteiger partial charge is 0.468 e. The summed E-state index contributed by atoms with van der Waals surface area (Å²) in [6, 6.07) is 16.7. The van der Waals surface area contributed by atoms with Gasteiger partial charge in [-0.2, -0.15) is 0 Å². The van der Waals surface area contributed by atoms with E-state index in [0.717, 1.165) is 10.9 Å². The van der Waals surface area contributed by atoms with Gasteiger partial charge in [-0.3, -0.25) is 0 Å². The Kier molecular flexibility index (Phi) is 7.82. The third-order valence-corrected chi connectivity index (χ3v) is 5.65. The molecular formula is C26H25ClFN5O3. The van der Waals surface area contributed by atoms with Crippen molar-refractivity contribution in [2.45, 2.75) is 26.0 Å². The van der Waals surface area contributed by atoms with E-state index < -0.39 is 11.9 Å². The summed E-state index contributed by atoms with van der Waals surface area (Å²) < 4.78 is 24.9. The monoisotopic (exact) mass is 509 g/mol. The number of aliphatic imine (C=N–C) groups is 1. The molecular weight excluding hydrogens is 485 g/mol. The van der Waals surface area contributed by atoms with Crippen molar-refractivity contribution < 1.29 is 19.0 Å². The molecule has 186 valence electrons. The first-order valence-corrected chi connectivity index (χ1v) is 11.5. The molecule has 0 saturated carbocycles. The Balaban J connectivity index is 1.57. The maximum absolute atomic E-state index is 13.9. The number of nitrogens with one attached hydrogen (secondary N) is 2. The van der Waals surface area contributed by atoms with E-state index in [9.17, 15) is 9.50 Å². The zero-order valence-corrected chi connectivity index (χ0v) is 20.6. The van der Waals surface area contributed by atoms with Crippen LogP contribution in [0, 0.1) is 5.82 Å². The highest BCUT2D eigenvalue weighted by molar-refractivity contribution is 6.32. The fourth-order valence-corrected chi connectivity index (χ4v) is 3.45. The molecule has 0 unspecified atom stereocenters. The lowest BCUT2D eigenvalue weighted by atomic mass is 10.2. The minimum atomic E-state index is -0.618. The molecule has 10 heteroatoms. The summed E-state index contributed by atoms with van der Waals surface area (Å²) in [7, 11) is 1.50. The first-order chi connectivity index (χ1) is 17.3. The number of methoxy groups -OCH3 is 1. The van der Waals surface area contributed by atoms with Gasteiger partial charge in [0.25, 0.3) is 6.02 Å². The molecule has 4 aromatic rings. The zero-order chi connectivity index (χ0) is 25.7. The number of aromatic nitrogens is 2. The Morgan fingerprint density at radius 3 is 2.53 bits per heavy atom. The summed E-state index contributed by atoms with van der Waals surface area (Å²) in [6.07, 6.45) is 0.842. The van der Waals surface area contributed by atoms with Crippen LogP contribution in [0.2, 0.25) is 5.02 Å². The minimum Gasteiger partial charge on any atom is -0.468 e.